The number of amides is 1. The first-order valence-electron chi connectivity index (χ1n) is 5.56. The molecule has 0 radical (unpaired) electrons. The Kier molecular flexibility index (Phi) is 3.77. The van der Waals surface area contributed by atoms with E-state index in [1.54, 1.807) is 18.5 Å². The van der Waals surface area contributed by atoms with Gasteiger partial charge in [0.05, 0.1) is 17.5 Å². The molecule has 0 spiro atoms. The molecule has 1 heterocycles. The van der Waals surface area contributed by atoms with Crippen LogP contribution in [-0.4, -0.2) is 32.9 Å². The molecule has 0 saturated carbocycles. The van der Waals surface area contributed by atoms with Crippen LogP contribution in [0.1, 0.15) is 44.2 Å². The van der Waals surface area contributed by atoms with Crippen LogP contribution in [0, 0.1) is 0 Å². The van der Waals surface area contributed by atoms with E-state index >= 15 is 0 Å². The molecule has 0 aliphatic heterocycles. The largest absolute Gasteiger partial charge is 0.396 e. The lowest BCUT2D eigenvalue weighted by molar-refractivity contribution is 0.0688. The Balaban J connectivity index is 2.85. The van der Waals surface area contributed by atoms with Crippen LogP contribution in [0.5, 0.6) is 0 Å². The zero-order chi connectivity index (χ0) is 13.2. The average Bonchev–Trinajstić information content (AvgIpc) is 2.55. The topological polar surface area (TPSA) is 93.2 Å². The van der Waals surface area contributed by atoms with Gasteiger partial charge in [0.15, 0.2) is 0 Å². The Labute approximate surface area is 101 Å². The van der Waals surface area contributed by atoms with Gasteiger partial charge in [-0.1, -0.05) is 0 Å². The lowest BCUT2D eigenvalue weighted by Crippen LogP contribution is -2.39. The molecule has 4 N–H and O–H groups in total. The van der Waals surface area contributed by atoms with E-state index in [1.165, 1.54) is 6.20 Å². The van der Waals surface area contributed by atoms with Crippen LogP contribution < -0.4 is 11.1 Å². The molecule has 96 valence electrons. The number of carbonyl (C=O) groups excluding carboxylic acids is 1. The van der Waals surface area contributed by atoms with E-state index < -0.39 is 5.60 Å². The Morgan fingerprint density at radius 1 is 1.65 bits per heavy atom. The summed E-state index contributed by atoms with van der Waals surface area (Å²) in [5.41, 5.74) is 5.44. The second-order valence-electron chi connectivity index (χ2n) is 4.98. The Morgan fingerprint density at radius 2 is 2.24 bits per heavy atom. The summed E-state index contributed by atoms with van der Waals surface area (Å²) in [6.45, 7) is 7.24. The molecule has 1 aromatic heterocycles. The number of nitrogens with one attached hydrogen (secondary N) is 1. The Bertz CT molecular complexity index is 404. The molecule has 0 bridgehead atoms. The maximum Gasteiger partial charge on any atom is 0.271 e. The Morgan fingerprint density at radius 3 is 2.71 bits per heavy atom. The molecular weight excluding hydrogens is 220 g/mol. The van der Waals surface area contributed by atoms with Gasteiger partial charge in [-0.2, -0.15) is 5.10 Å². The van der Waals surface area contributed by atoms with E-state index in [4.69, 9.17) is 5.73 Å². The number of aliphatic hydroxyl groups is 1. The first kappa shape index (κ1) is 13.5. The van der Waals surface area contributed by atoms with Crippen molar-refractivity contribution in [2.24, 2.45) is 0 Å². The highest BCUT2D eigenvalue weighted by molar-refractivity contribution is 5.97. The van der Waals surface area contributed by atoms with Crippen molar-refractivity contribution in [3.05, 3.63) is 11.9 Å². The first-order valence-corrected chi connectivity index (χ1v) is 5.56. The van der Waals surface area contributed by atoms with Gasteiger partial charge in [-0.05, 0) is 27.7 Å². The normalized spacial score (nSPS) is 11.9. The molecule has 0 atom stereocenters. The van der Waals surface area contributed by atoms with Crippen LogP contribution in [0.3, 0.4) is 0 Å². The number of carbonyl (C=O) groups is 1. The van der Waals surface area contributed by atoms with Gasteiger partial charge in [0.25, 0.3) is 5.91 Å². The fraction of sp³-hybridized carbons (Fsp3) is 0.636. The molecule has 1 aromatic rings. The van der Waals surface area contributed by atoms with Crippen molar-refractivity contribution in [1.82, 2.24) is 15.1 Å². The average molecular weight is 240 g/mol. The predicted octanol–water partition coefficient (Wildman–Crippen LogP) is 0.547. The van der Waals surface area contributed by atoms with Crippen LogP contribution in [0.15, 0.2) is 6.20 Å². The fourth-order valence-corrected chi connectivity index (χ4v) is 1.38. The molecule has 0 aliphatic rings. The SMILES string of the molecule is CC(C)n1ncc(N)c1C(=O)NCC(C)(C)O. The summed E-state index contributed by atoms with van der Waals surface area (Å²) in [5.74, 6) is -0.323. The fourth-order valence-electron chi connectivity index (χ4n) is 1.38. The highest BCUT2D eigenvalue weighted by Crippen LogP contribution is 2.15. The molecule has 0 saturated heterocycles. The third kappa shape index (κ3) is 3.45. The quantitative estimate of drug-likeness (QED) is 0.716. The summed E-state index contributed by atoms with van der Waals surface area (Å²) >= 11 is 0. The maximum atomic E-state index is 11.9. The van der Waals surface area contributed by atoms with Gasteiger partial charge in [-0.15, -0.1) is 0 Å². The number of anilines is 1. The monoisotopic (exact) mass is 240 g/mol. The Hall–Kier alpha value is -1.56. The van der Waals surface area contributed by atoms with Gasteiger partial charge in [0.1, 0.15) is 5.69 Å². The van der Waals surface area contributed by atoms with Crippen molar-refractivity contribution in [2.45, 2.75) is 39.3 Å². The summed E-state index contributed by atoms with van der Waals surface area (Å²) in [6.07, 6.45) is 1.46. The molecule has 0 unspecified atom stereocenters. The van der Waals surface area contributed by atoms with Gasteiger partial charge < -0.3 is 16.2 Å². The third-order valence-corrected chi connectivity index (χ3v) is 2.21. The van der Waals surface area contributed by atoms with Crippen molar-refractivity contribution in [1.29, 1.82) is 0 Å². The molecule has 0 aliphatic carbocycles. The number of rotatable bonds is 4. The minimum absolute atomic E-state index is 0.0511. The second kappa shape index (κ2) is 4.75. The number of nitrogens with zero attached hydrogens (tertiary/aromatic N) is 2. The number of aromatic nitrogens is 2. The summed E-state index contributed by atoms with van der Waals surface area (Å²) in [7, 11) is 0. The number of nitrogens with two attached hydrogens (primary N) is 1. The molecule has 1 rings (SSSR count). The smallest absolute Gasteiger partial charge is 0.271 e. The van der Waals surface area contributed by atoms with E-state index in [2.05, 4.69) is 10.4 Å². The van der Waals surface area contributed by atoms with Gasteiger partial charge in [-0.3, -0.25) is 9.48 Å². The summed E-state index contributed by atoms with van der Waals surface area (Å²) in [5, 5.41) is 16.2. The van der Waals surface area contributed by atoms with Gasteiger partial charge in [0, 0.05) is 12.6 Å². The van der Waals surface area contributed by atoms with Crippen molar-refractivity contribution in [3.63, 3.8) is 0 Å². The zero-order valence-corrected chi connectivity index (χ0v) is 10.7. The number of hydrogen-bond acceptors (Lipinski definition) is 4. The molecule has 17 heavy (non-hydrogen) atoms. The van der Waals surface area contributed by atoms with Crippen LogP contribution in [0.4, 0.5) is 5.69 Å². The molecule has 0 fully saturated rings. The van der Waals surface area contributed by atoms with Crippen LogP contribution in [0.2, 0.25) is 0 Å². The number of nitrogen functional groups attached to an aromatic ring is 1. The van der Waals surface area contributed by atoms with Crippen molar-refractivity contribution in [3.8, 4) is 0 Å². The van der Waals surface area contributed by atoms with E-state index in [-0.39, 0.29) is 18.5 Å². The zero-order valence-electron chi connectivity index (χ0n) is 10.7. The van der Waals surface area contributed by atoms with Gasteiger partial charge in [-0.25, -0.2) is 0 Å². The molecule has 1 amide bonds. The standard InChI is InChI=1S/C11H20N4O2/c1-7(2)15-9(8(12)5-14-15)10(16)13-6-11(3,4)17/h5,7,17H,6,12H2,1-4H3,(H,13,16). The van der Waals surface area contributed by atoms with E-state index in [9.17, 15) is 9.90 Å². The van der Waals surface area contributed by atoms with Gasteiger partial charge >= 0.3 is 0 Å². The third-order valence-electron chi connectivity index (χ3n) is 2.21. The molecule has 6 heteroatoms. The van der Waals surface area contributed by atoms with E-state index in [0.29, 0.717) is 11.4 Å². The highest BCUT2D eigenvalue weighted by Gasteiger charge is 2.21. The first-order chi connectivity index (χ1) is 7.72. The lowest BCUT2D eigenvalue weighted by atomic mass is 10.1. The molecule has 0 aromatic carbocycles. The minimum Gasteiger partial charge on any atom is -0.396 e. The van der Waals surface area contributed by atoms with Crippen LogP contribution >= 0.6 is 0 Å². The van der Waals surface area contributed by atoms with E-state index in [1.807, 2.05) is 13.8 Å². The highest BCUT2D eigenvalue weighted by atomic mass is 16.3. The summed E-state index contributed by atoms with van der Waals surface area (Å²) < 4.78 is 1.56. The number of hydrogen-bond donors (Lipinski definition) is 3. The van der Waals surface area contributed by atoms with Crippen LogP contribution in [-0.2, 0) is 0 Å². The molecule has 6 nitrogen and oxygen atoms in total. The van der Waals surface area contributed by atoms with Crippen LogP contribution in [0.25, 0.3) is 0 Å². The molecular formula is C11H20N4O2. The second-order valence-corrected chi connectivity index (χ2v) is 4.98. The van der Waals surface area contributed by atoms with Crippen molar-refractivity contribution in [2.75, 3.05) is 12.3 Å². The van der Waals surface area contributed by atoms with E-state index in [0.717, 1.165) is 0 Å². The van der Waals surface area contributed by atoms with Gasteiger partial charge in [0.2, 0.25) is 0 Å². The van der Waals surface area contributed by atoms with Crippen molar-refractivity contribution < 1.29 is 9.90 Å². The maximum absolute atomic E-state index is 11.9. The van der Waals surface area contributed by atoms with Crippen molar-refractivity contribution >= 4 is 11.6 Å². The summed E-state index contributed by atoms with van der Waals surface area (Å²) in [6, 6.07) is 0.0511. The minimum atomic E-state index is -0.951. The lowest BCUT2D eigenvalue weighted by Gasteiger charge is -2.18. The predicted molar refractivity (Wildman–Crippen MR) is 65.7 cm³/mol. The summed E-state index contributed by atoms with van der Waals surface area (Å²) in [4.78, 5) is 11.9.